The predicted octanol–water partition coefficient (Wildman–Crippen LogP) is 2.69. The van der Waals surface area contributed by atoms with Gasteiger partial charge in [-0.2, -0.15) is 5.10 Å². The molecule has 2 heterocycles. The van der Waals surface area contributed by atoms with Crippen molar-refractivity contribution in [1.82, 2.24) is 19.7 Å². The van der Waals surface area contributed by atoms with Gasteiger partial charge in [-0.15, -0.1) is 0 Å². The Labute approximate surface area is 158 Å². The molecule has 0 bridgehead atoms. The first-order valence-corrected chi connectivity index (χ1v) is 9.32. The molecule has 0 atom stereocenters. The first kappa shape index (κ1) is 17.5. The summed E-state index contributed by atoms with van der Waals surface area (Å²) in [6.07, 6.45) is 6.79. The maximum atomic E-state index is 9.64. The summed E-state index contributed by atoms with van der Waals surface area (Å²) >= 11 is 0. The van der Waals surface area contributed by atoms with Crippen LogP contribution in [0.15, 0.2) is 48.8 Å². The van der Waals surface area contributed by atoms with Crippen molar-refractivity contribution in [3.8, 4) is 11.3 Å². The topological polar surface area (TPSA) is 102 Å². The molecule has 0 spiro atoms. The van der Waals surface area contributed by atoms with Gasteiger partial charge in [0.1, 0.15) is 5.82 Å². The summed E-state index contributed by atoms with van der Waals surface area (Å²) in [5.74, 6) is 1.17. The third-order valence-corrected chi connectivity index (χ3v) is 5.02. The molecule has 140 valence electrons. The molecular formula is C20H24N6O. The average Bonchev–Trinajstić information content (AvgIpc) is 3.05. The number of hydrogen-bond donors (Lipinski definition) is 3. The van der Waals surface area contributed by atoms with Crippen molar-refractivity contribution in [2.75, 3.05) is 11.1 Å². The Bertz CT molecular complexity index is 886. The lowest BCUT2D eigenvalue weighted by Crippen LogP contribution is -2.28. The molecule has 1 aliphatic carbocycles. The van der Waals surface area contributed by atoms with Crippen LogP contribution in [0.1, 0.15) is 31.2 Å². The maximum absolute atomic E-state index is 9.64. The van der Waals surface area contributed by atoms with Gasteiger partial charge >= 0.3 is 0 Å². The Kier molecular flexibility index (Phi) is 5.02. The Hall–Kier alpha value is -2.93. The number of nitrogens with two attached hydrogens (primary N) is 1. The molecule has 0 aliphatic heterocycles. The van der Waals surface area contributed by atoms with Crippen LogP contribution >= 0.6 is 0 Å². The van der Waals surface area contributed by atoms with Crippen molar-refractivity contribution in [2.45, 2.75) is 44.4 Å². The molecule has 2 aromatic heterocycles. The number of rotatable bonds is 5. The molecule has 27 heavy (non-hydrogen) atoms. The number of nitrogens with zero attached hydrogens (tertiary/aromatic N) is 4. The molecule has 7 nitrogen and oxygen atoms in total. The molecule has 1 aliphatic rings. The number of aliphatic hydroxyl groups excluding tert-OH is 1. The summed E-state index contributed by atoms with van der Waals surface area (Å²) < 4.78 is 1.78. The zero-order chi connectivity index (χ0) is 18.6. The minimum absolute atomic E-state index is 0.175. The molecular weight excluding hydrogens is 340 g/mol. The van der Waals surface area contributed by atoms with Crippen molar-refractivity contribution in [1.29, 1.82) is 0 Å². The molecule has 7 heteroatoms. The van der Waals surface area contributed by atoms with Crippen LogP contribution in [0.25, 0.3) is 11.3 Å². The van der Waals surface area contributed by atoms with Gasteiger partial charge in [0.15, 0.2) is 0 Å². The summed E-state index contributed by atoms with van der Waals surface area (Å²) in [6.45, 7) is 0.618. The predicted molar refractivity (Wildman–Crippen MR) is 105 cm³/mol. The Balaban J connectivity index is 1.50. The zero-order valence-corrected chi connectivity index (χ0v) is 15.1. The lowest BCUT2D eigenvalue weighted by atomic mass is 9.93. The third kappa shape index (κ3) is 4.09. The SMILES string of the molecule is Nc1c(-c2ccnc(NC3CCC(O)CC3)n2)cnn1Cc1ccccc1. The highest BCUT2D eigenvalue weighted by Crippen LogP contribution is 2.26. The van der Waals surface area contributed by atoms with E-state index in [0.717, 1.165) is 42.5 Å². The molecule has 4 rings (SSSR count). The van der Waals surface area contributed by atoms with Gasteiger partial charge in [0.25, 0.3) is 0 Å². The quantitative estimate of drug-likeness (QED) is 0.643. The average molecular weight is 364 g/mol. The Morgan fingerprint density at radius 3 is 2.67 bits per heavy atom. The maximum Gasteiger partial charge on any atom is 0.223 e. The summed E-state index contributed by atoms with van der Waals surface area (Å²) in [4.78, 5) is 8.95. The monoisotopic (exact) mass is 364 g/mol. The molecule has 4 N–H and O–H groups in total. The second-order valence-corrected chi connectivity index (χ2v) is 7.00. The fourth-order valence-corrected chi connectivity index (χ4v) is 3.46. The highest BCUT2D eigenvalue weighted by atomic mass is 16.3. The number of aliphatic hydroxyl groups is 1. The minimum atomic E-state index is -0.175. The van der Waals surface area contributed by atoms with Crippen LogP contribution in [0.4, 0.5) is 11.8 Å². The number of aromatic nitrogens is 4. The summed E-state index contributed by atoms with van der Waals surface area (Å²) in [5, 5.41) is 17.4. The van der Waals surface area contributed by atoms with E-state index >= 15 is 0 Å². The molecule has 1 fully saturated rings. The Morgan fingerprint density at radius 2 is 1.89 bits per heavy atom. The largest absolute Gasteiger partial charge is 0.393 e. The van der Waals surface area contributed by atoms with Gasteiger partial charge in [0.05, 0.1) is 30.1 Å². The van der Waals surface area contributed by atoms with E-state index < -0.39 is 0 Å². The third-order valence-electron chi connectivity index (χ3n) is 5.02. The second-order valence-electron chi connectivity index (χ2n) is 7.00. The number of nitrogen functional groups attached to an aromatic ring is 1. The smallest absolute Gasteiger partial charge is 0.223 e. The van der Waals surface area contributed by atoms with E-state index in [-0.39, 0.29) is 6.10 Å². The van der Waals surface area contributed by atoms with Gasteiger partial charge in [-0.05, 0) is 37.3 Å². The van der Waals surface area contributed by atoms with E-state index in [9.17, 15) is 5.11 Å². The standard InChI is InChI=1S/C20H24N6O/c21-19-17(12-23-26(19)13-14-4-2-1-3-5-14)18-10-11-22-20(25-18)24-15-6-8-16(27)9-7-15/h1-5,10-12,15-16,27H,6-9,13,21H2,(H,22,24,25). The number of benzene rings is 1. The van der Waals surface area contributed by atoms with E-state index in [1.807, 2.05) is 24.3 Å². The van der Waals surface area contributed by atoms with E-state index in [1.165, 1.54) is 0 Å². The van der Waals surface area contributed by atoms with Crippen LogP contribution in [0, 0.1) is 0 Å². The van der Waals surface area contributed by atoms with Crippen LogP contribution in [-0.4, -0.2) is 37.0 Å². The lowest BCUT2D eigenvalue weighted by Gasteiger charge is -2.26. The van der Waals surface area contributed by atoms with Gasteiger partial charge in [0.2, 0.25) is 5.95 Å². The summed E-state index contributed by atoms with van der Waals surface area (Å²) in [7, 11) is 0. The summed E-state index contributed by atoms with van der Waals surface area (Å²) in [6, 6.07) is 12.2. The summed E-state index contributed by atoms with van der Waals surface area (Å²) in [5.41, 5.74) is 9.02. The fourth-order valence-electron chi connectivity index (χ4n) is 3.46. The fraction of sp³-hybridized carbons (Fsp3) is 0.350. The normalized spacial score (nSPS) is 19.7. The Morgan fingerprint density at radius 1 is 1.11 bits per heavy atom. The highest BCUT2D eigenvalue weighted by Gasteiger charge is 2.20. The molecule has 1 saturated carbocycles. The highest BCUT2D eigenvalue weighted by molar-refractivity contribution is 5.71. The van der Waals surface area contributed by atoms with Crippen LogP contribution in [0.5, 0.6) is 0 Å². The van der Waals surface area contributed by atoms with E-state index in [0.29, 0.717) is 24.4 Å². The zero-order valence-electron chi connectivity index (χ0n) is 15.1. The van der Waals surface area contributed by atoms with E-state index in [1.54, 1.807) is 17.1 Å². The van der Waals surface area contributed by atoms with Gasteiger partial charge < -0.3 is 16.2 Å². The number of anilines is 2. The molecule has 0 unspecified atom stereocenters. The molecule has 0 saturated heterocycles. The molecule has 1 aromatic carbocycles. The van der Waals surface area contributed by atoms with Crippen LogP contribution < -0.4 is 11.1 Å². The van der Waals surface area contributed by atoms with E-state index in [4.69, 9.17) is 5.73 Å². The van der Waals surface area contributed by atoms with Gasteiger partial charge in [0, 0.05) is 12.2 Å². The van der Waals surface area contributed by atoms with Crippen molar-refractivity contribution < 1.29 is 5.11 Å². The molecule has 0 radical (unpaired) electrons. The van der Waals surface area contributed by atoms with Crippen LogP contribution in [-0.2, 0) is 6.54 Å². The minimum Gasteiger partial charge on any atom is -0.393 e. The van der Waals surface area contributed by atoms with Crippen LogP contribution in [0.2, 0.25) is 0 Å². The lowest BCUT2D eigenvalue weighted by molar-refractivity contribution is 0.126. The van der Waals surface area contributed by atoms with Gasteiger partial charge in [-0.3, -0.25) is 0 Å². The van der Waals surface area contributed by atoms with Crippen molar-refractivity contribution in [2.24, 2.45) is 0 Å². The first-order chi connectivity index (χ1) is 13.2. The van der Waals surface area contributed by atoms with Crippen molar-refractivity contribution in [3.63, 3.8) is 0 Å². The van der Waals surface area contributed by atoms with Crippen molar-refractivity contribution in [3.05, 3.63) is 54.4 Å². The van der Waals surface area contributed by atoms with E-state index in [2.05, 4.69) is 32.5 Å². The first-order valence-electron chi connectivity index (χ1n) is 9.32. The molecule has 0 amide bonds. The number of nitrogens with one attached hydrogen (secondary N) is 1. The van der Waals surface area contributed by atoms with Crippen LogP contribution in [0.3, 0.4) is 0 Å². The molecule has 3 aromatic rings. The number of hydrogen-bond acceptors (Lipinski definition) is 6. The van der Waals surface area contributed by atoms with Gasteiger partial charge in [-0.1, -0.05) is 30.3 Å². The van der Waals surface area contributed by atoms with Crippen molar-refractivity contribution >= 4 is 11.8 Å². The van der Waals surface area contributed by atoms with Gasteiger partial charge in [-0.25, -0.2) is 14.6 Å². The second kappa shape index (κ2) is 7.75.